The summed E-state index contributed by atoms with van der Waals surface area (Å²) in [6.45, 7) is 0.710. The van der Waals surface area contributed by atoms with Crippen LogP contribution in [0.5, 0.6) is 0 Å². The van der Waals surface area contributed by atoms with Gasteiger partial charge in [-0.05, 0) is 24.6 Å². The van der Waals surface area contributed by atoms with E-state index >= 15 is 0 Å². The van der Waals surface area contributed by atoms with Crippen LogP contribution in [0.1, 0.15) is 23.9 Å². The summed E-state index contributed by atoms with van der Waals surface area (Å²) in [5.41, 5.74) is 1.86. The largest absolute Gasteiger partial charge is 0.345 e. The van der Waals surface area contributed by atoms with E-state index in [4.69, 9.17) is 16.7 Å². The average molecular weight is 443 g/mol. The summed E-state index contributed by atoms with van der Waals surface area (Å²) in [6.07, 6.45) is 5.56. The van der Waals surface area contributed by atoms with Crippen molar-refractivity contribution in [3.8, 4) is 11.8 Å². The molecule has 0 unspecified atom stereocenters. The second kappa shape index (κ2) is 6.93. The lowest BCUT2D eigenvalue weighted by molar-refractivity contribution is 0.424. The van der Waals surface area contributed by atoms with Crippen molar-refractivity contribution in [1.29, 1.82) is 5.26 Å². The van der Waals surface area contributed by atoms with E-state index in [1.807, 2.05) is 30.3 Å². The number of nitriles is 1. The molecule has 9 nitrogen and oxygen atoms in total. The van der Waals surface area contributed by atoms with Crippen molar-refractivity contribution in [3.05, 3.63) is 81.9 Å². The first-order valence-electron chi connectivity index (χ1n) is 10.0. The first-order chi connectivity index (χ1) is 15.7. The number of hydrogen-bond acceptors (Lipinski definition) is 6. The molecule has 0 saturated carbocycles. The molecule has 1 aliphatic heterocycles. The smallest absolute Gasteiger partial charge is 0.284 e. The molecule has 1 aromatic carbocycles. The zero-order valence-corrected chi connectivity index (χ0v) is 17.4. The van der Waals surface area contributed by atoms with E-state index in [2.05, 4.69) is 25.9 Å². The molecule has 0 spiro atoms. The van der Waals surface area contributed by atoms with Gasteiger partial charge in [0.1, 0.15) is 29.4 Å². The van der Waals surface area contributed by atoms with E-state index in [0.717, 1.165) is 6.42 Å². The fourth-order valence-corrected chi connectivity index (χ4v) is 4.48. The number of fused-ring (bicyclic) bond motifs is 2. The third kappa shape index (κ3) is 2.57. The van der Waals surface area contributed by atoms with Gasteiger partial charge in [0, 0.05) is 18.9 Å². The highest BCUT2D eigenvalue weighted by molar-refractivity contribution is 6.33. The molecule has 156 valence electrons. The molecule has 0 bridgehead atoms. The zero-order valence-electron chi connectivity index (χ0n) is 16.6. The summed E-state index contributed by atoms with van der Waals surface area (Å²) >= 11 is 6.29. The molecule has 1 aliphatic rings. The van der Waals surface area contributed by atoms with Gasteiger partial charge in [0.25, 0.3) is 5.56 Å². The minimum Gasteiger partial charge on any atom is -0.345 e. The standard InChI is InChI=1S/C22H15ClN8O/c23-15-6-9-30-18(15)22(32)31(14-4-2-1-3-5-14)20(28-30)16-7-8-29(16)21-17-13(10-24)11-25-19(17)26-12-27-21/h1-6,9,11-12,16H,7-8H2,(H,25,26,27)/t16-/m0/s1. The number of benzene rings is 1. The normalized spacial score (nSPS) is 15.8. The van der Waals surface area contributed by atoms with Crippen LogP contribution in [0.2, 0.25) is 5.02 Å². The Balaban J connectivity index is 1.58. The van der Waals surface area contributed by atoms with Crippen molar-refractivity contribution in [1.82, 2.24) is 29.1 Å². The van der Waals surface area contributed by atoms with Crippen molar-refractivity contribution in [2.75, 3.05) is 11.4 Å². The van der Waals surface area contributed by atoms with E-state index in [9.17, 15) is 10.1 Å². The summed E-state index contributed by atoms with van der Waals surface area (Å²) < 4.78 is 3.14. The summed E-state index contributed by atoms with van der Waals surface area (Å²) in [5, 5.41) is 15.3. The van der Waals surface area contributed by atoms with Crippen LogP contribution in [0, 0.1) is 11.3 Å². The summed E-state index contributed by atoms with van der Waals surface area (Å²) in [7, 11) is 0. The van der Waals surface area contributed by atoms with E-state index in [0.29, 0.717) is 51.0 Å². The minimum atomic E-state index is -0.241. The highest BCUT2D eigenvalue weighted by Gasteiger charge is 2.37. The Bertz CT molecular complexity index is 1590. The predicted octanol–water partition coefficient (Wildman–Crippen LogP) is 3.23. The summed E-state index contributed by atoms with van der Waals surface area (Å²) in [6, 6.07) is 13.0. The Morgan fingerprint density at radius 1 is 1.19 bits per heavy atom. The van der Waals surface area contributed by atoms with E-state index in [-0.39, 0.29) is 11.6 Å². The quantitative estimate of drug-likeness (QED) is 0.459. The number of halogens is 1. The van der Waals surface area contributed by atoms with Crippen LogP contribution in [0.15, 0.2) is 59.9 Å². The van der Waals surface area contributed by atoms with Crippen LogP contribution in [-0.4, -0.2) is 35.7 Å². The Morgan fingerprint density at radius 2 is 2.03 bits per heavy atom. The van der Waals surface area contributed by atoms with Gasteiger partial charge in [-0.25, -0.2) is 14.5 Å². The maximum atomic E-state index is 13.5. The summed E-state index contributed by atoms with van der Waals surface area (Å²) in [4.78, 5) is 27.3. The first-order valence-corrected chi connectivity index (χ1v) is 10.4. The molecule has 1 N–H and O–H groups in total. The van der Waals surface area contributed by atoms with E-state index in [1.54, 1.807) is 23.0 Å². The lowest BCUT2D eigenvalue weighted by atomic mass is 10.0. The molecule has 0 aliphatic carbocycles. The van der Waals surface area contributed by atoms with Gasteiger partial charge in [0.15, 0.2) is 5.82 Å². The molecular formula is C22H15ClN8O. The Morgan fingerprint density at radius 3 is 2.78 bits per heavy atom. The van der Waals surface area contributed by atoms with Crippen molar-refractivity contribution in [2.45, 2.75) is 12.5 Å². The highest BCUT2D eigenvalue weighted by atomic mass is 35.5. The van der Waals surface area contributed by atoms with Crippen molar-refractivity contribution < 1.29 is 0 Å². The fourth-order valence-electron chi connectivity index (χ4n) is 4.25. The van der Waals surface area contributed by atoms with E-state index < -0.39 is 0 Å². The number of para-hydroxylation sites is 1. The first kappa shape index (κ1) is 18.6. The number of anilines is 1. The zero-order chi connectivity index (χ0) is 21.8. The predicted molar refractivity (Wildman–Crippen MR) is 119 cm³/mol. The molecule has 1 saturated heterocycles. The second-order valence-electron chi connectivity index (χ2n) is 7.52. The molecule has 1 fully saturated rings. The van der Waals surface area contributed by atoms with Crippen molar-refractivity contribution in [3.63, 3.8) is 0 Å². The SMILES string of the molecule is N#Cc1c[nH]c2ncnc(N3CC[C@H]3c3nn4ccc(Cl)c4c(=O)n3-c3ccccc3)c12. The maximum Gasteiger partial charge on any atom is 0.284 e. The summed E-state index contributed by atoms with van der Waals surface area (Å²) in [5.74, 6) is 1.22. The molecule has 10 heteroatoms. The lowest BCUT2D eigenvalue weighted by Gasteiger charge is -2.42. The van der Waals surface area contributed by atoms with Crippen molar-refractivity contribution in [2.24, 2.45) is 0 Å². The van der Waals surface area contributed by atoms with Gasteiger partial charge in [0.2, 0.25) is 0 Å². The molecule has 6 rings (SSSR count). The van der Waals surface area contributed by atoms with Gasteiger partial charge in [-0.2, -0.15) is 10.4 Å². The van der Waals surface area contributed by atoms with E-state index in [1.165, 1.54) is 10.8 Å². The number of rotatable bonds is 3. The van der Waals surface area contributed by atoms with Gasteiger partial charge in [-0.1, -0.05) is 29.8 Å². The molecule has 4 aromatic heterocycles. The second-order valence-corrected chi connectivity index (χ2v) is 7.93. The number of hydrogen-bond donors (Lipinski definition) is 1. The van der Waals surface area contributed by atoms with Crippen LogP contribution < -0.4 is 10.5 Å². The Kier molecular flexibility index (Phi) is 4.03. The molecule has 0 amide bonds. The van der Waals surface area contributed by atoms with Crippen LogP contribution in [-0.2, 0) is 0 Å². The molecule has 0 radical (unpaired) electrons. The van der Waals surface area contributed by atoms with Crippen LogP contribution in [0.4, 0.5) is 5.82 Å². The highest BCUT2D eigenvalue weighted by Crippen LogP contribution is 2.39. The number of nitrogens with zero attached hydrogens (tertiary/aromatic N) is 7. The number of aromatic nitrogens is 6. The fraction of sp³-hybridized carbons (Fsp3) is 0.136. The van der Waals surface area contributed by atoms with Gasteiger partial charge in [-0.15, -0.1) is 0 Å². The molecule has 5 heterocycles. The topological polar surface area (TPSA) is 108 Å². The van der Waals surface area contributed by atoms with Gasteiger partial charge >= 0.3 is 0 Å². The average Bonchev–Trinajstić information content (AvgIpc) is 3.38. The molecule has 1 atom stereocenters. The Hall–Kier alpha value is -4.16. The van der Waals surface area contributed by atoms with Crippen LogP contribution in [0.3, 0.4) is 0 Å². The lowest BCUT2D eigenvalue weighted by Crippen LogP contribution is -2.45. The molecule has 5 aromatic rings. The number of nitrogens with one attached hydrogen (secondary N) is 1. The third-order valence-electron chi connectivity index (χ3n) is 5.84. The van der Waals surface area contributed by atoms with Gasteiger partial charge in [-0.3, -0.25) is 9.36 Å². The van der Waals surface area contributed by atoms with Gasteiger partial charge < -0.3 is 9.88 Å². The molecule has 32 heavy (non-hydrogen) atoms. The Labute approximate surface area is 186 Å². The van der Waals surface area contributed by atoms with Crippen molar-refractivity contribution >= 4 is 34.0 Å². The monoisotopic (exact) mass is 442 g/mol. The van der Waals surface area contributed by atoms with Crippen LogP contribution in [0.25, 0.3) is 22.2 Å². The third-order valence-corrected chi connectivity index (χ3v) is 6.14. The number of aromatic amines is 1. The molecular weight excluding hydrogens is 428 g/mol. The van der Waals surface area contributed by atoms with Crippen LogP contribution >= 0.6 is 11.6 Å². The maximum absolute atomic E-state index is 13.5. The number of H-pyrrole nitrogens is 1. The van der Waals surface area contributed by atoms with Gasteiger partial charge in [0.05, 0.1) is 27.7 Å². The minimum absolute atomic E-state index is 0.215.